The van der Waals surface area contributed by atoms with Gasteiger partial charge >= 0.3 is 0 Å². The van der Waals surface area contributed by atoms with Gasteiger partial charge in [-0.05, 0) is 19.1 Å². The Bertz CT molecular complexity index is 470. The summed E-state index contributed by atoms with van der Waals surface area (Å²) in [5, 5.41) is 2.76. The summed E-state index contributed by atoms with van der Waals surface area (Å²) in [6.07, 6.45) is 0. The standard InChI is InChI=1S/C14H21N3O2/c1-9(10(2)15)13(18)16-12-8-6-5-7-11(12)14(19)17(3)4/h5-10H,15H2,1-4H3,(H,16,18). The molecule has 1 rings (SSSR count). The van der Waals surface area contributed by atoms with E-state index in [2.05, 4.69) is 5.32 Å². The molecule has 0 aromatic heterocycles. The molecule has 2 atom stereocenters. The smallest absolute Gasteiger partial charge is 0.255 e. The van der Waals surface area contributed by atoms with E-state index in [1.54, 1.807) is 52.2 Å². The maximum atomic E-state index is 12.0. The van der Waals surface area contributed by atoms with Crippen LogP contribution < -0.4 is 11.1 Å². The minimum Gasteiger partial charge on any atom is -0.345 e. The third kappa shape index (κ3) is 3.79. The number of anilines is 1. The van der Waals surface area contributed by atoms with Crippen molar-refractivity contribution in [3.63, 3.8) is 0 Å². The van der Waals surface area contributed by atoms with Crippen LogP contribution in [0.15, 0.2) is 24.3 Å². The number of hydrogen-bond acceptors (Lipinski definition) is 3. The van der Waals surface area contributed by atoms with Gasteiger partial charge in [-0.15, -0.1) is 0 Å². The molecule has 3 N–H and O–H groups in total. The molecule has 2 amide bonds. The van der Waals surface area contributed by atoms with E-state index in [1.165, 1.54) is 4.90 Å². The number of benzene rings is 1. The van der Waals surface area contributed by atoms with Crippen molar-refractivity contribution in [1.82, 2.24) is 4.90 Å². The second kappa shape index (κ2) is 6.33. The van der Waals surface area contributed by atoms with Crippen molar-refractivity contribution in [2.45, 2.75) is 19.9 Å². The fraction of sp³-hybridized carbons (Fsp3) is 0.429. The zero-order chi connectivity index (χ0) is 14.6. The molecular formula is C14H21N3O2. The predicted octanol–water partition coefficient (Wildman–Crippen LogP) is 1.31. The van der Waals surface area contributed by atoms with E-state index in [9.17, 15) is 9.59 Å². The molecule has 0 aliphatic rings. The Kier molecular flexibility index (Phi) is 5.06. The van der Waals surface area contributed by atoms with Crippen molar-refractivity contribution in [3.05, 3.63) is 29.8 Å². The molecule has 0 saturated carbocycles. The van der Waals surface area contributed by atoms with Gasteiger partial charge in [-0.1, -0.05) is 19.1 Å². The molecule has 5 heteroatoms. The minimum absolute atomic E-state index is 0.149. The molecule has 2 unspecified atom stereocenters. The highest BCUT2D eigenvalue weighted by Gasteiger charge is 2.20. The Balaban J connectivity index is 2.96. The van der Waals surface area contributed by atoms with E-state index < -0.39 is 0 Å². The van der Waals surface area contributed by atoms with Gasteiger partial charge in [0.05, 0.1) is 17.2 Å². The molecule has 0 aliphatic heterocycles. The third-order valence-corrected chi connectivity index (χ3v) is 3.02. The second-order valence-corrected chi connectivity index (χ2v) is 4.88. The van der Waals surface area contributed by atoms with Crippen LogP contribution in [0.4, 0.5) is 5.69 Å². The SMILES string of the molecule is CC(N)C(C)C(=O)Nc1ccccc1C(=O)N(C)C. The number of nitrogens with zero attached hydrogens (tertiary/aromatic N) is 1. The first-order valence-corrected chi connectivity index (χ1v) is 6.21. The molecule has 0 bridgehead atoms. The number of para-hydroxylation sites is 1. The van der Waals surface area contributed by atoms with Gasteiger partial charge in [-0.2, -0.15) is 0 Å². The molecule has 0 heterocycles. The molecule has 1 aromatic rings. The first kappa shape index (κ1) is 15.2. The molecule has 5 nitrogen and oxygen atoms in total. The summed E-state index contributed by atoms with van der Waals surface area (Å²) in [7, 11) is 3.34. The van der Waals surface area contributed by atoms with Crippen LogP contribution in [-0.4, -0.2) is 36.9 Å². The van der Waals surface area contributed by atoms with Gasteiger partial charge in [0.15, 0.2) is 0 Å². The molecule has 0 aliphatic carbocycles. The van der Waals surface area contributed by atoms with Crippen LogP contribution in [0.25, 0.3) is 0 Å². The van der Waals surface area contributed by atoms with Gasteiger partial charge in [0.25, 0.3) is 5.91 Å². The summed E-state index contributed by atoms with van der Waals surface area (Å²) in [6, 6.07) is 6.70. The first-order valence-electron chi connectivity index (χ1n) is 6.21. The predicted molar refractivity (Wildman–Crippen MR) is 75.9 cm³/mol. The highest BCUT2D eigenvalue weighted by atomic mass is 16.2. The van der Waals surface area contributed by atoms with Gasteiger partial charge in [-0.25, -0.2) is 0 Å². The molecule has 0 radical (unpaired) electrons. The van der Waals surface area contributed by atoms with E-state index in [1.807, 2.05) is 0 Å². The number of carbonyl (C=O) groups excluding carboxylic acids is 2. The zero-order valence-corrected chi connectivity index (χ0v) is 11.8. The van der Waals surface area contributed by atoms with E-state index >= 15 is 0 Å². The minimum atomic E-state index is -0.317. The van der Waals surface area contributed by atoms with Gasteiger partial charge in [0.1, 0.15) is 0 Å². The lowest BCUT2D eigenvalue weighted by Crippen LogP contribution is -2.35. The van der Waals surface area contributed by atoms with Crippen LogP contribution in [-0.2, 0) is 4.79 Å². The topological polar surface area (TPSA) is 75.4 Å². The normalized spacial score (nSPS) is 13.5. The Morgan fingerprint density at radius 2 is 1.79 bits per heavy atom. The van der Waals surface area contributed by atoms with E-state index in [0.717, 1.165) is 0 Å². The maximum absolute atomic E-state index is 12.0. The highest BCUT2D eigenvalue weighted by molar-refractivity contribution is 6.04. The van der Waals surface area contributed by atoms with Gasteiger partial charge < -0.3 is 16.0 Å². The number of carbonyl (C=O) groups is 2. The van der Waals surface area contributed by atoms with E-state index in [0.29, 0.717) is 11.3 Å². The van der Waals surface area contributed by atoms with Crippen LogP contribution in [0, 0.1) is 5.92 Å². The number of amides is 2. The van der Waals surface area contributed by atoms with Crippen LogP contribution in [0.1, 0.15) is 24.2 Å². The highest BCUT2D eigenvalue weighted by Crippen LogP contribution is 2.17. The molecular weight excluding hydrogens is 242 g/mol. The summed E-state index contributed by atoms with van der Waals surface area (Å²) in [5.41, 5.74) is 6.68. The monoisotopic (exact) mass is 263 g/mol. The number of nitrogens with two attached hydrogens (primary N) is 1. The summed E-state index contributed by atoms with van der Waals surface area (Å²) < 4.78 is 0. The third-order valence-electron chi connectivity index (χ3n) is 3.02. The van der Waals surface area contributed by atoms with Gasteiger partial charge in [0, 0.05) is 20.1 Å². The van der Waals surface area contributed by atoms with Crippen LogP contribution in [0.2, 0.25) is 0 Å². The van der Waals surface area contributed by atoms with Gasteiger partial charge in [0.2, 0.25) is 5.91 Å². The Labute approximate surface area is 113 Å². The molecule has 104 valence electrons. The van der Waals surface area contributed by atoms with E-state index in [4.69, 9.17) is 5.73 Å². The molecule has 1 aromatic carbocycles. The summed E-state index contributed by atoms with van der Waals surface area (Å²) >= 11 is 0. The van der Waals surface area contributed by atoms with Crippen LogP contribution >= 0.6 is 0 Å². The summed E-state index contributed by atoms with van der Waals surface area (Å²) in [6.45, 7) is 3.54. The summed E-state index contributed by atoms with van der Waals surface area (Å²) in [5.74, 6) is -0.652. The van der Waals surface area contributed by atoms with Crippen molar-refractivity contribution in [3.8, 4) is 0 Å². The van der Waals surface area contributed by atoms with Crippen molar-refractivity contribution < 1.29 is 9.59 Å². The molecule has 0 fully saturated rings. The lowest BCUT2D eigenvalue weighted by Gasteiger charge is -2.18. The number of nitrogens with one attached hydrogen (secondary N) is 1. The molecule has 19 heavy (non-hydrogen) atoms. The van der Waals surface area contributed by atoms with Crippen LogP contribution in [0.5, 0.6) is 0 Å². The van der Waals surface area contributed by atoms with Crippen molar-refractivity contribution >= 4 is 17.5 Å². The zero-order valence-electron chi connectivity index (χ0n) is 11.8. The number of hydrogen-bond donors (Lipinski definition) is 2. The number of rotatable bonds is 4. The lowest BCUT2D eigenvalue weighted by atomic mass is 10.0. The Hall–Kier alpha value is -1.88. The average molecular weight is 263 g/mol. The van der Waals surface area contributed by atoms with Gasteiger partial charge in [-0.3, -0.25) is 9.59 Å². The van der Waals surface area contributed by atoms with E-state index in [-0.39, 0.29) is 23.8 Å². The Morgan fingerprint density at radius 3 is 2.32 bits per heavy atom. The second-order valence-electron chi connectivity index (χ2n) is 4.88. The Morgan fingerprint density at radius 1 is 1.21 bits per heavy atom. The molecule has 0 spiro atoms. The average Bonchev–Trinajstić information content (AvgIpc) is 2.37. The first-order chi connectivity index (χ1) is 8.84. The van der Waals surface area contributed by atoms with Crippen LogP contribution in [0.3, 0.4) is 0 Å². The summed E-state index contributed by atoms with van der Waals surface area (Å²) in [4.78, 5) is 25.5. The van der Waals surface area contributed by atoms with Crippen molar-refractivity contribution in [1.29, 1.82) is 0 Å². The quantitative estimate of drug-likeness (QED) is 0.860. The maximum Gasteiger partial charge on any atom is 0.255 e. The fourth-order valence-corrected chi connectivity index (χ4v) is 1.50. The lowest BCUT2D eigenvalue weighted by molar-refractivity contribution is -0.119. The fourth-order valence-electron chi connectivity index (χ4n) is 1.50. The molecule has 0 saturated heterocycles. The van der Waals surface area contributed by atoms with Crippen molar-refractivity contribution in [2.75, 3.05) is 19.4 Å². The largest absolute Gasteiger partial charge is 0.345 e. The van der Waals surface area contributed by atoms with Crippen molar-refractivity contribution in [2.24, 2.45) is 11.7 Å².